The molecule has 0 saturated carbocycles. The summed E-state index contributed by atoms with van der Waals surface area (Å²) in [6, 6.07) is 6.71. The molecule has 0 spiro atoms. The Balaban J connectivity index is 1.92. The Bertz CT molecular complexity index is 847. The van der Waals surface area contributed by atoms with E-state index in [-0.39, 0.29) is 5.69 Å². The van der Waals surface area contributed by atoms with Crippen LogP contribution < -0.4 is 5.32 Å². The highest BCUT2D eigenvalue weighted by molar-refractivity contribution is 7.08. The number of hydrogen-bond donors (Lipinski definition) is 2. The van der Waals surface area contributed by atoms with Crippen LogP contribution in [-0.4, -0.2) is 21.6 Å². The molecule has 1 unspecified atom stereocenters. The Labute approximate surface area is 136 Å². The van der Waals surface area contributed by atoms with Crippen LogP contribution in [0.15, 0.2) is 47.4 Å². The lowest BCUT2D eigenvalue weighted by Crippen LogP contribution is -2.30. The van der Waals surface area contributed by atoms with Crippen molar-refractivity contribution in [3.63, 3.8) is 0 Å². The van der Waals surface area contributed by atoms with Gasteiger partial charge in [0.15, 0.2) is 0 Å². The van der Waals surface area contributed by atoms with Crippen molar-refractivity contribution in [2.75, 3.05) is 11.9 Å². The third-order valence-corrected chi connectivity index (χ3v) is 4.44. The Morgan fingerprint density at radius 1 is 1.35 bits per heavy atom. The molecule has 1 atom stereocenters. The molecular formula is C16H15N3O3S. The zero-order valence-electron chi connectivity index (χ0n) is 12.4. The lowest BCUT2D eigenvalue weighted by Gasteiger charge is -2.24. The van der Waals surface area contributed by atoms with Gasteiger partial charge in [-0.25, -0.2) is 0 Å². The van der Waals surface area contributed by atoms with E-state index in [0.717, 1.165) is 11.3 Å². The average Bonchev–Trinajstić information content (AvgIpc) is 3.07. The molecule has 23 heavy (non-hydrogen) atoms. The molecule has 0 bridgehead atoms. The van der Waals surface area contributed by atoms with Gasteiger partial charge in [0.2, 0.25) is 0 Å². The maximum atomic E-state index is 11.1. The highest BCUT2D eigenvalue weighted by atomic mass is 32.1. The zero-order chi connectivity index (χ0) is 16.4. The fraction of sp³-hybridized carbons (Fsp3) is 0.188. The Morgan fingerprint density at radius 2 is 2.17 bits per heavy atom. The summed E-state index contributed by atoms with van der Waals surface area (Å²) in [6.07, 6.45) is 3.07. The first-order chi connectivity index (χ1) is 11.0. The van der Waals surface area contributed by atoms with Crippen molar-refractivity contribution in [2.45, 2.75) is 12.5 Å². The van der Waals surface area contributed by atoms with Crippen molar-refractivity contribution in [1.82, 2.24) is 4.98 Å². The van der Waals surface area contributed by atoms with Crippen molar-refractivity contribution in [3.8, 4) is 0 Å². The number of nitrogens with one attached hydrogen (secondary N) is 1. The highest BCUT2D eigenvalue weighted by Crippen LogP contribution is 2.31. The first kappa shape index (κ1) is 15.4. The van der Waals surface area contributed by atoms with Crippen molar-refractivity contribution in [3.05, 3.63) is 63.1 Å². The van der Waals surface area contributed by atoms with Crippen LogP contribution in [0.3, 0.4) is 0 Å². The van der Waals surface area contributed by atoms with Gasteiger partial charge < -0.3 is 10.4 Å². The third kappa shape index (κ3) is 3.01. The van der Waals surface area contributed by atoms with E-state index in [1.54, 1.807) is 25.3 Å². The lowest BCUT2D eigenvalue weighted by molar-refractivity contribution is -0.383. The summed E-state index contributed by atoms with van der Waals surface area (Å²) in [5.74, 6) is 0. The quantitative estimate of drug-likeness (QED) is 0.552. The van der Waals surface area contributed by atoms with Crippen LogP contribution in [0.2, 0.25) is 0 Å². The van der Waals surface area contributed by atoms with Gasteiger partial charge in [-0.1, -0.05) is 0 Å². The Hall–Kier alpha value is -2.51. The normalized spacial score (nSPS) is 13.7. The smallest absolute Gasteiger partial charge is 0.278 e. The van der Waals surface area contributed by atoms with Crippen LogP contribution in [0.1, 0.15) is 12.5 Å². The van der Waals surface area contributed by atoms with Crippen LogP contribution in [0.25, 0.3) is 10.8 Å². The number of fused-ring (bicyclic) bond motifs is 1. The molecule has 3 aromatic rings. The topological polar surface area (TPSA) is 88.3 Å². The lowest BCUT2D eigenvalue weighted by atomic mass is 9.99. The van der Waals surface area contributed by atoms with Gasteiger partial charge in [0.05, 0.1) is 10.3 Å². The second-order valence-electron chi connectivity index (χ2n) is 5.45. The zero-order valence-corrected chi connectivity index (χ0v) is 13.2. The molecule has 0 saturated heterocycles. The number of aromatic nitrogens is 1. The van der Waals surface area contributed by atoms with Gasteiger partial charge >= 0.3 is 0 Å². The van der Waals surface area contributed by atoms with E-state index < -0.39 is 10.5 Å². The summed E-state index contributed by atoms with van der Waals surface area (Å²) < 4.78 is 0. The molecule has 0 aliphatic heterocycles. The van der Waals surface area contributed by atoms with Gasteiger partial charge in [-0.05, 0) is 41.4 Å². The fourth-order valence-electron chi connectivity index (χ4n) is 2.43. The van der Waals surface area contributed by atoms with Crippen LogP contribution >= 0.6 is 11.3 Å². The molecule has 0 amide bonds. The third-order valence-electron chi connectivity index (χ3n) is 3.76. The molecule has 7 heteroatoms. The number of thiophene rings is 1. The number of nitro groups is 1. The maximum Gasteiger partial charge on any atom is 0.278 e. The minimum absolute atomic E-state index is 0.0169. The summed E-state index contributed by atoms with van der Waals surface area (Å²) >= 11 is 1.52. The molecule has 3 rings (SSSR count). The summed E-state index contributed by atoms with van der Waals surface area (Å²) in [6.45, 7) is 2.02. The summed E-state index contributed by atoms with van der Waals surface area (Å²) in [4.78, 5) is 14.7. The molecule has 0 aliphatic carbocycles. The average molecular weight is 329 g/mol. The van der Waals surface area contributed by atoms with Crippen LogP contribution in [0.4, 0.5) is 11.4 Å². The van der Waals surface area contributed by atoms with Crippen molar-refractivity contribution in [2.24, 2.45) is 0 Å². The number of nitrogens with zero attached hydrogens (tertiary/aromatic N) is 2. The first-order valence-electron chi connectivity index (χ1n) is 6.99. The van der Waals surface area contributed by atoms with E-state index in [9.17, 15) is 15.2 Å². The number of nitro benzene ring substituents is 1. The monoisotopic (exact) mass is 329 g/mol. The van der Waals surface area contributed by atoms with Gasteiger partial charge in [-0.2, -0.15) is 11.3 Å². The molecular weight excluding hydrogens is 314 g/mol. The van der Waals surface area contributed by atoms with Crippen LogP contribution in [0.5, 0.6) is 0 Å². The molecule has 0 fully saturated rings. The number of rotatable bonds is 5. The Morgan fingerprint density at radius 3 is 2.87 bits per heavy atom. The largest absolute Gasteiger partial charge is 0.384 e. The summed E-state index contributed by atoms with van der Waals surface area (Å²) in [5.41, 5.74) is 0.552. The molecule has 118 valence electrons. The van der Waals surface area contributed by atoms with Crippen molar-refractivity contribution in [1.29, 1.82) is 0 Å². The van der Waals surface area contributed by atoms with Gasteiger partial charge in [0.1, 0.15) is 5.60 Å². The van der Waals surface area contributed by atoms with E-state index in [1.807, 2.05) is 16.8 Å². The standard InChI is InChI=1S/C16H15N3O3S/c1-16(20,11-5-7-23-9-11)10-18-14-2-3-15(19(21)22)13-8-17-6-4-12(13)14/h2-9,18,20H,10H2,1H3. The molecule has 0 radical (unpaired) electrons. The van der Waals surface area contributed by atoms with E-state index >= 15 is 0 Å². The molecule has 0 aliphatic rings. The molecule has 2 N–H and O–H groups in total. The fourth-order valence-corrected chi connectivity index (χ4v) is 3.21. The van der Waals surface area contributed by atoms with Gasteiger partial charge in [-0.15, -0.1) is 0 Å². The van der Waals surface area contributed by atoms with E-state index in [2.05, 4.69) is 10.3 Å². The van der Waals surface area contributed by atoms with Crippen molar-refractivity contribution < 1.29 is 10.0 Å². The minimum Gasteiger partial charge on any atom is -0.384 e. The van der Waals surface area contributed by atoms with Gasteiger partial charge in [-0.3, -0.25) is 15.1 Å². The van der Waals surface area contributed by atoms with E-state index in [1.165, 1.54) is 23.6 Å². The Kier molecular flexibility index (Phi) is 3.97. The van der Waals surface area contributed by atoms with E-state index in [0.29, 0.717) is 17.3 Å². The first-order valence-corrected chi connectivity index (χ1v) is 7.93. The molecule has 2 aromatic heterocycles. The predicted molar refractivity (Wildman–Crippen MR) is 90.8 cm³/mol. The number of anilines is 1. The van der Waals surface area contributed by atoms with Crippen LogP contribution in [-0.2, 0) is 5.60 Å². The molecule has 1 aromatic carbocycles. The highest BCUT2D eigenvalue weighted by Gasteiger charge is 2.24. The second kappa shape index (κ2) is 5.94. The number of aliphatic hydroxyl groups is 1. The minimum atomic E-state index is -1.03. The molecule has 6 nitrogen and oxygen atoms in total. The van der Waals surface area contributed by atoms with Gasteiger partial charge in [0.25, 0.3) is 5.69 Å². The summed E-state index contributed by atoms with van der Waals surface area (Å²) in [7, 11) is 0. The maximum absolute atomic E-state index is 11.1. The predicted octanol–water partition coefficient (Wildman–Crippen LogP) is 3.52. The van der Waals surface area contributed by atoms with Crippen molar-refractivity contribution >= 4 is 33.5 Å². The van der Waals surface area contributed by atoms with E-state index in [4.69, 9.17) is 0 Å². The number of hydrogen-bond acceptors (Lipinski definition) is 6. The van der Waals surface area contributed by atoms with Gasteiger partial charge in [0, 0.05) is 36.1 Å². The second-order valence-corrected chi connectivity index (χ2v) is 6.23. The molecule has 2 heterocycles. The SMILES string of the molecule is CC(O)(CNc1ccc([N+](=O)[O-])c2cnccc12)c1ccsc1. The number of benzene rings is 1. The number of non-ortho nitro benzene ring substituents is 1. The number of pyridine rings is 1. The van der Waals surface area contributed by atoms with Crippen LogP contribution in [0, 0.1) is 10.1 Å². The summed E-state index contributed by atoms with van der Waals surface area (Å²) in [5, 5.41) is 29.9.